The highest BCUT2D eigenvalue weighted by Gasteiger charge is 2.55. The topological polar surface area (TPSA) is 46.3 Å². The van der Waals surface area contributed by atoms with E-state index in [1.807, 2.05) is 20.8 Å². The van der Waals surface area contributed by atoms with Crippen LogP contribution in [0.5, 0.6) is 0 Å². The Balaban J connectivity index is 1.83. The van der Waals surface area contributed by atoms with E-state index in [1.54, 1.807) is 0 Å². The minimum Gasteiger partial charge on any atom is -0.305 e. The lowest BCUT2D eigenvalue weighted by atomic mass is 9.92. The fourth-order valence-electron chi connectivity index (χ4n) is 1.97. The summed E-state index contributed by atoms with van der Waals surface area (Å²) in [6.07, 6.45) is 3.29. The lowest BCUT2D eigenvalue weighted by molar-refractivity contribution is -0.163. The van der Waals surface area contributed by atoms with Gasteiger partial charge in [-0.15, -0.1) is 9.78 Å². The molecule has 0 radical (unpaired) electrons. The molecular weight excluding hydrogens is 206 g/mol. The second-order valence-electron chi connectivity index (χ2n) is 5.61. The van der Waals surface area contributed by atoms with Crippen LogP contribution in [0.4, 0.5) is 0 Å². The van der Waals surface area contributed by atoms with E-state index in [-0.39, 0.29) is 5.60 Å². The summed E-state index contributed by atoms with van der Waals surface area (Å²) in [5.74, 6) is 0. The second kappa shape index (κ2) is 4.11. The molecular formula is C12H21NO3. The molecule has 0 aromatic carbocycles. The fourth-order valence-corrected chi connectivity index (χ4v) is 1.97. The highest BCUT2D eigenvalue weighted by molar-refractivity contribution is 5.00. The van der Waals surface area contributed by atoms with Crippen molar-refractivity contribution >= 4 is 0 Å². The first-order valence-corrected chi connectivity index (χ1v) is 5.90. The first-order chi connectivity index (χ1) is 7.39. The van der Waals surface area contributed by atoms with Gasteiger partial charge in [0.05, 0.1) is 5.60 Å². The zero-order chi connectivity index (χ0) is 11.8. The molecule has 2 fully saturated rings. The molecule has 0 aromatic rings. The lowest BCUT2D eigenvalue weighted by Gasteiger charge is -2.28. The molecule has 0 unspecified atom stereocenters. The second-order valence-corrected chi connectivity index (χ2v) is 5.61. The van der Waals surface area contributed by atoms with E-state index in [9.17, 15) is 0 Å². The molecule has 2 rings (SSSR count). The largest absolute Gasteiger partial charge is 0.405 e. The molecule has 1 aliphatic heterocycles. The number of allylic oxidation sites excluding steroid dienone is 1. The van der Waals surface area contributed by atoms with Gasteiger partial charge in [-0.25, -0.2) is 5.32 Å². The average Bonchev–Trinajstić information content (AvgIpc) is 2.86. The van der Waals surface area contributed by atoms with Gasteiger partial charge in [0.2, 0.25) is 0 Å². The number of nitrogens with one attached hydrogen (secondary N) is 1. The number of hydrogen-bond donors (Lipinski definition) is 1. The van der Waals surface area contributed by atoms with Gasteiger partial charge in [-0.2, -0.15) is 0 Å². The van der Waals surface area contributed by atoms with Crippen molar-refractivity contribution in [2.75, 3.05) is 0 Å². The highest BCUT2D eigenvalue weighted by atomic mass is 17.5. The van der Waals surface area contributed by atoms with E-state index in [4.69, 9.17) is 14.5 Å². The van der Waals surface area contributed by atoms with Crippen molar-refractivity contribution in [1.82, 2.24) is 5.32 Å². The average molecular weight is 227 g/mol. The third-order valence-corrected chi connectivity index (χ3v) is 2.75. The molecule has 0 bridgehead atoms. The van der Waals surface area contributed by atoms with Crippen molar-refractivity contribution in [3.8, 4) is 0 Å². The summed E-state index contributed by atoms with van der Waals surface area (Å²) in [4.78, 5) is 9.89. The summed E-state index contributed by atoms with van der Waals surface area (Å²) >= 11 is 0. The standard InChI is InChI=1S/C12H21NO3/c1-9-5-7-10(8-6-9)13-12(15-16-12)14-11(2,3)4/h10,13H,1,5-8H2,2-4H3. The summed E-state index contributed by atoms with van der Waals surface area (Å²) < 4.78 is 5.69. The first kappa shape index (κ1) is 12.0. The Morgan fingerprint density at radius 1 is 1.31 bits per heavy atom. The van der Waals surface area contributed by atoms with Gasteiger partial charge in [-0.3, -0.25) is 0 Å². The van der Waals surface area contributed by atoms with Crippen LogP contribution in [0.25, 0.3) is 0 Å². The fraction of sp³-hybridized carbons (Fsp3) is 0.833. The minimum atomic E-state index is -0.998. The molecule has 1 heterocycles. The normalized spacial score (nSPS) is 25.8. The van der Waals surface area contributed by atoms with Crippen LogP contribution >= 0.6 is 0 Å². The van der Waals surface area contributed by atoms with Gasteiger partial charge < -0.3 is 4.74 Å². The van der Waals surface area contributed by atoms with Crippen LogP contribution in [-0.2, 0) is 14.5 Å². The molecule has 4 nitrogen and oxygen atoms in total. The van der Waals surface area contributed by atoms with E-state index in [0.29, 0.717) is 6.04 Å². The summed E-state index contributed by atoms with van der Waals surface area (Å²) in [5.41, 5.74) is 1.04. The van der Waals surface area contributed by atoms with Crippen LogP contribution in [0.3, 0.4) is 0 Å². The Morgan fingerprint density at radius 3 is 2.31 bits per heavy atom. The number of rotatable bonds is 3. The molecule has 1 saturated carbocycles. The predicted molar refractivity (Wildman–Crippen MR) is 60.3 cm³/mol. The molecule has 0 amide bonds. The highest BCUT2D eigenvalue weighted by Crippen LogP contribution is 2.35. The molecule has 1 aliphatic carbocycles. The monoisotopic (exact) mass is 227 g/mol. The number of hydrogen-bond acceptors (Lipinski definition) is 4. The molecule has 2 aliphatic rings. The van der Waals surface area contributed by atoms with Gasteiger partial charge in [0.15, 0.2) is 0 Å². The van der Waals surface area contributed by atoms with Gasteiger partial charge in [0, 0.05) is 6.04 Å². The Hall–Kier alpha value is -0.420. The Kier molecular flexibility index (Phi) is 3.09. The van der Waals surface area contributed by atoms with Gasteiger partial charge in [-0.05, 0) is 46.5 Å². The number of ether oxygens (including phenoxy) is 1. The molecule has 4 heteroatoms. The minimum absolute atomic E-state index is 0.290. The maximum absolute atomic E-state index is 5.69. The van der Waals surface area contributed by atoms with Crippen LogP contribution in [0.15, 0.2) is 12.2 Å². The molecule has 92 valence electrons. The maximum atomic E-state index is 5.69. The van der Waals surface area contributed by atoms with E-state index < -0.39 is 6.10 Å². The smallest absolute Gasteiger partial charge is 0.305 e. The Labute approximate surface area is 96.9 Å². The predicted octanol–water partition coefficient (Wildman–Crippen LogP) is 2.46. The molecule has 0 spiro atoms. The third-order valence-electron chi connectivity index (χ3n) is 2.75. The lowest BCUT2D eigenvalue weighted by Crippen LogP contribution is -2.47. The maximum Gasteiger partial charge on any atom is 0.405 e. The molecule has 0 atom stereocenters. The van der Waals surface area contributed by atoms with E-state index in [1.165, 1.54) is 5.57 Å². The van der Waals surface area contributed by atoms with Crippen molar-refractivity contribution in [2.45, 2.75) is 64.2 Å². The summed E-state index contributed by atoms with van der Waals surface area (Å²) in [7, 11) is 0. The zero-order valence-corrected chi connectivity index (χ0v) is 10.3. The van der Waals surface area contributed by atoms with Crippen LogP contribution in [0.2, 0.25) is 0 Å². The van der Waals surface area contributed by atoms with E-state index in [2.05, 4.69) is 11.9 Å². The van der Waals surface area contributed by atoms with Gasteiger partial charge in [-0.1, -0.05) is 12.2 Å². The van der Waals surface area contributed by atoms with Gasteiger partial charge in [0.25, 0.3) is 0 Å². The molecule has 16 heavy (non-hydrogen) atoms. The molecule has 1 N–H and O–H groups in total. The van der Waals surface area contributed by atoms with Gasteiger partial charge in [0.1, 0.15) is 0 Å². The van der Waals surface area contributed by atoms with Crippen LogP contribution in [0.1, 0.15) is 46.5 Å². The van der Waals surface area contributed by atoms with E-state index in [0.717, 1.165) is 25.7 Å². The quantitative estimate of drug-likeness (QED) is 0.348. The third kappa shape index (κ3) is 3.28. The molecule has 0 aromatic heterocycles. The van der Waals surface area contributed by atoms with E-state index >= 15 is 0 Å². The van der Waals surface area contributed by atoms with Crippen molar-refractivity contribution in [3.05, 3.63) is 12.2 Å². The van der Waals surface area contributed by atoms with Crippen LogP contribution < -0.4 is 5.32 Å². The summed E-state index contributed by atoms with van der Waals surface area (Å²) in [6, 6.07) is 0.385. The van der Waals surface area contributed by atoms with Crippen molar-refractivity contribution in [3.63, 3.8) is 0 Å². The summed E-state index contributed by atoms with van der Waals surface area (Å²) in [5, 5.41) is 3.28. The van der Waals surface area contributed by atoms with Gasteiger partial charge >= 0.3 is 6.10 Å². The molecule has 1 saturated heterocycles. The van der Waals surface area contributed by atoms with Crippen molar-refractivity contribution in [1.29, 1.82) is 0 Å². The SMILES string of the molecule is C=C1CCC(NC2(OC(C)(C)C)OO2)CC1. The Morgan fingerprint density at radius 2 is 1.88 bits per heavy atom. The zero-order valence-electron chi connectivity index (χ0n) is 10.3. The summed E-state index contributed by atoms with van der Waals surface area (Å²) in [6.45, 7) is 9.93. The van der Waals surface area contributed by atoms with Crippen LogP contribution in [0, 0.1) is 0 Å². The van der Waals surface area contributed by atoms with Crippen molar-refractivity contribution in [2.24, 2.45) is 0 Å². The van der Waals surface area contributed by atoms with Crippen LogP contribution in [-0.4, -0.2) is 17.7 Å². The Bertz CT molecular complexity index is 268. The van der Waals surface area contributed by atoms with Crippen molar-refractivity contribution < 1.29 is 14.5 Å². The first-order valence-electron chi connectivity index (χ1n) is 5.90.